The predicted molar refractivity (Wildman–Crippen MR) is 154 cm³/mol. The minimum absolute atomic E-state index is 0.155. The van der Waals surface area contributed by atoms with Gasteiger partial charge in [-0.15, -0.1) is 0 Å². The van der Waals surface area contributed by atoms with Crippen molar-refractivity contribution in [3.8, 4) is 0 Å². The number of piperidine rings is 1. The number of amides is 2. The molecule has 4 rings (SSSR count). The van der Waals surface area contributed by atoms with E-state index in [1.165, 1.54) is 16.2 Å². The van der Waals surface area contributed by atoms with Crippen molar-refractivity contribution in [1.29, 1.82) is 0 Å². The number of primary amides is 1. The van der Waals surface area contributed by atoms with Crippen molar-refractivity contribution in [1.82, 2.24) is 14.3 Å². The molecule has 2 aromatic heterocycles. The van der Waals surface area contributed by atoms with E-state index in [4.69, 9.17) is 22.9 Å². The molecule has 1 atom stereocenters. The van der Waals surface area contributed by atoms with Crippen LogP contribution in [0.3, 0.4) is 0 Å². The van der Waals surface area contributed by atoms with E-state index in [2.05, 4.69) is 13.8 Å². The van der Waals surface area contributed by atoms with E-state index >= 15 is 0 Å². The standard InChI is InChI=1S/C27H35N5O3S2/c1-4-6-7-18(5-2)16-32-26(35)21(37-27(32)36)14-20-24(30-12-10-19(11-13-30)23(28)33)29-22-9-8-17(3)15-31(22)25(20)34/h8-9,14-15,18-19H,4-7,10-13,16H2,1-3H3,(H2,28,33). The van der Waals surface area contributed by atoms with E-state index < -0.39 is 0 Å². The van der Waals surface area contributed by atoms with Crippen LogP contribution in [0, 0.1) is 18.8 Å². The zero-order valence-electron chi connectivity index (χ0n) is 21.7. The normalized spacial score (nSPS) is 18.8. The van der Waals surface area contributed by atoms with Crippen LogP contribution in [0.1, 0.15) is 63.5 Å². The molecule has 2 N–H and O–H groups in total. The average molecular weight is 542 g/mol. The molecule has 0 saturated carbocycles. The smallest absolute Gasteiger partial charge is 0.267 e. The van der Waals surface area contributed by atoms with Crippen LogP contribution in [0.15, 0.2) is 28.0 Å². The van der Waals surface area contributed by atoms with Crippen molar-refractivity contribution in [3.05, 3.63) is 44.7 Å². The number of thiocarbonyl (C=S) groups is 1. The van der Waals surface area contributed by atoms with Gasteiger partial charge in [0.25, 0.3) is 11.5 Å². The van der Waals surface area contributed by atoms with Crippen molar-refractivity contribution in [2.45, 2.75) is 59.3 Å². The highest BCUT2D eigenvalue weighted by atomic mass is 32.2. The molecule has 2 aromatic rings. The van der Waals surface area contributed by atoms with Crippen LogP contribution >= 0.6 is 24.0 Å². The highest BCUT2D eigenvalue weighted by Gasteiger charge is 2.34. The number of aryl methyl sites for hydroxylation is 1. The zero-order valence-corrected chi connectivity index (χ0v) is 23.4. The number of nitrogens with two attached hydrogens (primary N) is 1. The van der Waals surface area contributed by atoms with Gasteiger partial charge in [0.15, 0.2) is 0 Å². The number of hydrogen-bond donors (Lipinski definition) is 1. The van der Waals surface area contributed by atoms with E-state index in [0.717, 1.165) is 31.2 Å². The summed E-state index contributed by atoms with van der Waals surface area (Å²) < 4.78 is 2.05. The maximum atomic E-state index is 13.7. The van der Waals surface area contributed by atoms with Gasteiger partial charge in [-0.3, -0.25) is 23.7 Å². The Morgan fingerprint density at radius 2 is 2.00 bits per heavy atom. The second kappa shape index (κ2) is 11.8. The molecule has 2 aliphatic heterocycles. The Balaban J connectivity index is 1.71. The van der Waals surface area contributed by atoms with Gasteiger partial charge in [0, 0.05) is 31.7 Å². The number of hydrogen-bond acceptors (Lipinski definition) is 7. The minimum atomic E-state index is -0.296. The lowest BCUT2D eigenvalue weighted by atomic mass is 9.96. The van der Waals surface area contributed by atoms with E-state index in [9.17, 15) is 14.4 Å². The van der Waals surface area contributed by atoms with Crippen LogP contribution in [-0.2, 0) is 9.59 Å². The van der Waals surface area contributed by atoms with Gasteiger partial charge in [-0.2, -0.15) is 0 Å². The van der Waals surface area contributed by atoms with Gasteiger partial charge in [-0.1, -0.05) is 63.2 Å². The first kappa shape index (κ1) is 27.3. The number of unbranched alkanes of at least 4 members (excludes halogenated alkanes) is 1. The Morgan fingerprint density at radius 3 is 2.65 bits per heavy atom. The maximum absolute atomic E-state index is 13.7. The fourth-order valence-corrected chi connectivity index (χ4v) is 6.21. The highest BCUT2D eigenvalue weighted by molar-refractivity contribution is 8.26. The quantitative estimate of drug-likeness (QED) is 0.376. The summed E-state index contributed by atoms with van der Waals surface area (Å²) in [6.07, 6.45) is 8.90. The van der Waals surface area contributed by atoms with E-state index in [1.807, 2.05) is 24.0 Å². The summed E-state index contributed by atoms with van der Waals surface area (Å²) >= 11 is 6.83. The molecule has 0 aliphatic carbocycles. The van der Waals surface area contributed by atoms with Crippen molar-refractivity contribution < 1.29 is 9.59 Å². The lowest BCUT2D eigenvalue weighted by Gasteiger charge is -2.32. The Labute approximate surface area is 227 Å². The number of anilines is 1. The summed E-state index contributed by atoms with van der Waals surface area (Å²) in [6.45, 7) is 7.94. The van der Waals surface area contributed by atoms with Crippen molar-refractivity contribution in [2.24, 2.45) is 17.6 Å². The zero-order chi connectivity index (χ0) is 26.7. The summed E-state index contributed by atoms with van der Waals surface area (Å²) in [6, 6.07) is 3.74. The van der Waals surface area contributed by atoms with Crippen molar-refractivity contribution in [2.75, 3.05) is 24.5 Å². The van der Waals surface area contributed by atoms with E-state index in [-0.39, 0.29) is 23.3 Å². The number of carbonyl (C=O) groups is 2. The van der Waals surface area contributed by atoms with Crippen molar-refractivity contribution in [3.63, 3.8) is 0 Å². The fraction of sp³-hybridized carbons (Fsp3) is 0.519. The van der Waals surface area contributed by atoms with Crippen LogP contribution in [-0.4, -0.2) is 50.1 Å². The van der Waals surface area contributed by atoms with Gasteiger partial charge in [-0.25, -0.2) is 4.98 Å². The molecule has 0 bridgehead atoms. The van der Waals surface area contributed by atoms with Gasteiger partial charge < -0.3 is 10.6 Å². The summed E-state index contributed by atoms with van der Waals surface area (Å²) in [7, 11) is 0. The molecule has 10 heteroatoms. The van der Waals surface area contributed by atoms with Crippen molar-refractivity contribution >= 4 is 57.7 Å². The summed E-state index contributed by atoms with van der Waals surface area (Å²) in [5, 5.41) is 0. The summed E-state index contributed by atoms with van der Waals surface area (Å²) in [5.41, 5.74) is 7.11. The average Bonchev–Trinajstić information content (AvgIpc) is 3.15. The monoisotopic (exact) mass is 541 g/mol. The van der Waals surface area contributed by atoms with Crippen LogP contribution in [0.2, 0.25) is 0 Å². The van der Waals surface area contributed by atoms with Gasteiger partial charge >= 0.3 is 0 Å². The molecule has 37 heavy (non-hydrogen) atoms. The Hall–Kier alpha value is -2.72. The molecule has 2 fully saturated rings. The number of fused-ring (bicyclic) bond motifs is 1. The molecule has 4 heterocycles. The van der Waals surface area contributed by atoms with Gasteiger partial charge in [0.05, 0.1) is 10.5 Å². The molecule has 2 aliphatic rings. The first-order valence-electron chi connectivity index (χ1n) is 13.1. The Morgan fingerprint density at radius 1 is 1.27 bits per heavy atom. The molecule has 0 spiro atoms. The summed E-state index contributed by atoms with van der Waals surface area (Å²) in [5.74, 6) is 0.280. The minimum Gasteiger partial charge on any atom is -0.369 e. The molecule has 0 radical (unpaired) electrons. The summed E-state index contributed by atoms with van der Waals surface area (Å²) in [4.78, 5) is 47.8. The number of pyridine rings is 1. The van der Waals surface area contributed by atoms with Crippen LogP contribution in [0.5, 0.6) is 0 Å². The first-order valence-corrected chi connectivity index (χ1v) is 14.3. The Bertz CT molecular complexity index is 1300. The molecular weight excluding hydrogens is 506 g/mol. The third-order valence-corrected chi connectivity index (χ3v) is 8.69. The molecule has 198 valence electrons. The van der Waals surface area contributed by atoms with Crippen LogP contribution in [0.4, 0.5) is 5.82 Å². The largest absolute Gasteiger partial charge is 0.369 e. The molecule has 2 saturated heterocycles. The number of aromatic nitrogens is 2. The topological polar surface area (TPSA) is 101 Å². The molecular formula is C27H35N5O3S2. The van der Waals surface area contributed by atoms with E-state index in [1.54, 1.807) is 17.2 Å². The predicted octanol–water partition coefficient (Wildman–Crippen LogP) is 4.12. The van der Waals surface area contributed by atoms with Crippen LogP contribution < -0.4 is 16.2 Å². The van der Waals surface area contributed by atoms with E-state index in [0.29, 0.717) is 64.6 Å². The van der Waals surface area contributed by atoms with Gasteiger partial charge in [0.1, 0.15) is 15.8 Å². The highest BCUT2D eigenvalue weighted by Crippen LogP contribution is 2.35. The fourth-order valence-electron chi connectivity index (χ4n) is 4.95. The third kappa shape index (κ3) is 5.90. The first-order chi connectivity index (χ1) is 17.7. The number of thioether (sulfide) groups is 1. The molecule has 2 amide bonds. The van der Waals surface area contributed by atoms with Gasteiger partial charge in [0.2, 0.25) is 5.91 Å². The Kier molecular flexibility index (Phi) is 8.69. The lowest BCUT2D eigenvalue weighted by molar-refractivity contribution is -0.123. The number of rotatable bonds is 9. The van der Waals surface area contributed by atoms with Gasteiger partial charge in [-0.05, 0) is 49.8 Å². The second-order valence-corrected chi connectivity index (χ2v) is 11.6. The van der Waals surface area contributed by atoms with Crippen LogP contribution in [0.25, 0.3) is 11.7 Å². The third-order valence-electron chi connectivity index (χ3n) is 7.32. The number of carbonyl (C=O) groups excluding carboxylic acids is 2. The lowest BCUT2D eigenvalue weighted by Crippen LogP contribution is -2.40. The maximum Gasteiger partial charge on any atom is 0.267 e. The number of nitrogens with zero attached hydrogens (tertiary/aromatic N) is 4. The molecule has 8 nitrogen and oxygen atoms in total. The molecule has 1 unspecified atom stereocenters. The SMILES string of the molecule is CCCCC(CC)CN1C(=O)C(=Cc2c(N3CCC(C(N)=O)CC3)nc3ccc(C)cn3c2=O)SC1=S. The molecule has 0 aromatic carbocycles. The second-order valence-electron chi connectivity index (χ2n) is 9.96.